The zero-order chi connectivity index (χ0) is 20.8. The number of carbonyl (C=O) groups excluding carboxylic acids is 1. The Morgan fingerprint density at radius 3 is 2.67 bits per heavy atom. The first kappa shape index (κ1) is 20.4. The number of nitrogens with zero attached hydrogens (tertiary/aromatic N) is 1. The van der Waals surface area contributed by atoms with Crippen LogP contribution >= 0.6 is 15.9 Å². The molecule has 0 radical (unpaired) electrons. The monoisotopic (exact) mass is 460 g/mol. The molecule has 0 spiro atoms. The highest BCUT2D eigenvalue weighted by atomic mass is 79.9. The van der Waals surface area contributed by atoms with Crippen LogP contribution < -0.4 is 5.32 Å². The Kier molecular flexibility index (Phi) is 6.65. The lowest BCUT2D eigenvalue weighted by molar-refractivity contribution is 0.188. The molecule has 30 heavy (non-hydrogen) atoms. The number of anilines is 1. The zero-order valence-electron chi connectivity index (χ0n) is 16.8. The minimum absolute atomic E-state index is 0.0718. The van der Waals surface area contributed by atoms with Crippen LogP contribution in [0.25, 0.3) is 6.08 Å². The summed E-state index contributed by atoms with van der Waals surface area (Å²) in [4.78, 5) is 15.3. The molecule has 0 heterocycles. The van der Waals surface area contributed by atoms with E-state index in [0.717, 1.165) is 35.0 Å². The van der Waals surface area contributed by atoms with E-state index in [0.29, 0.717) is 6.54 Å². The molecule has 0 aromatic heterocycles. The van der Waals surface area contributed by atoms with Crippen molar-refractivity contribution in [1.29, 1.82) is 0 Å². The second-order valence-corrected chi connectivity index (χ2v) is 8.43. The van der Waals surface area contributed by atoms with E-state index in [9.17, 15) is 4.79 Å². The molecule has 3 aromatic rings. The van der Waals surface area contributed by atoms with Crippen molar-refractivity contribution in [3.63, 3.8) is 0 Å². The van der Waals surface area contributed by atoms with Crippen LogP contribution in [0.4, 0.5) is 10.5 Å². The topological polar surface area (TPSA) is 32.3 Å². The van der Waals surface area contributed by atoms with Gasteiger partial charge in [0.25, 0.3) is 0 Å². The highest BCUT2D eigenvalue weighted by molar-refractivity contribution is 9.10. The Morgan fingerprint density at radius 2 is 1.83 bits per heavy atom. The highest BCUT2D eigenvalue weighted by Crippen LogP contribution is 2.34. The smallest absolute Gasteiger partial charge is 0.314 e. The SMILES string of the molecule is O=C(Nc1cccc(Br)c1)N(C/C=C/c1ccccc1)C1CCCc2ccccc21. The number of hydrogen-bond acceptors (Lipinski definition) is 1. The van der Waals surface area contributed by atoms with Crippen molar-refractivity contribution in [2.75, 3.05) is 11.9 Å². The quantitative estimate of drug-likeness (QED) is 0.433. The third-order valence-electron chi connectivity index (χ3n) is 5.46. The third kappa shape index (κ3) is 5.00. The van der Waals surface area contributed by atoms with Crippen molar-refractivity contribution in [1.82, 2.24) is 4.90 Å². The highest BCUT2D eigenvalue weighted by Gasteiger charge is 2.28. The first-order valence-corrected chi connectivity index (χ1v) is 11.1. The molecule has 152 valence electrons. The second-order valence-electron chi connectivity index (χ2n) is 7.51. The lowest BCUT2D eigenvalue weighted by Gasteiger charge is -2.35. The van der Waals surface area contributed by atoms with Gasteiger partial charge in [0.05, 0.1) is 6.04 Å². The van der Waals surface area contributed by atoms with Crippen molar-refractivity contribution >= 4 is 33.7 Å². The molecule has 0 saturated carbocycles. The Bertz CT molecular complexity index is 1030. The van der Waals surface area contributed by atoms with Crippen molar-refractivity contribution in [2.45, 2.75) is 25.3 Å². The molecule has 0 bridgehead atoms. The zero-order valence-corrected chi connectivity index (χ0v) is 18.4. The van der Waals surface area contributed by atoms with Gasteiger partial charge in [0.2, 0.25) is 0 Å². The molecule has 2 amide bonds. The maximum Gasteiger partial charge on any atom is 0.322 e. The number of benzene rings is 3. The number of aryl methyl sites for hydroxylation is 1. The number of fused-ring (bicyclic) bond motifs is 1. The van der Waals surface area contributed by atoms with E-state index in [4.69, 9.17) is 0 Å². The molecule has 3 aromatic carbocycles. The summed E-state index contributed by atoms with van der Waals surface area (Å²) < 4.78 is 0.943. The average molecular weight is 461 g/mol. The molecule has 0 saturated heterocycles. The van der Waals surface area contributed by atoms with Gasteiger partial charge in [0.1, 0.15) is 0 Å². The summed E-state index contributed by atoms with van der Waals surface area (Å²) in [7, 11) is 0. The molecule has 3 nitrogen and oxygen atoms in total. The lowest BCUT2D eigenvalue weighted by Crippen LogP contribution is -2.39. The van der Waals surface area contributed by atoms with E-state index in [-0.39, 0.29) is 12.1 Å². The number of hydrogen-bond donors (Lipinski definition) is 1. The number of rotatable bonds is 5. The summed E-state index contributed by atoms with van der Waals surface area (Å²) >= 11 is 3.48. The van der Waals surface area contributed by atoms with E-state index in [1.165, 1.54) is 11.1 Å². The van der Waals surface area contributed by atoms with E-state index < -0.39 is 0 Å². The Morgan fingerprint density at radius 1 is 1.03 bits per heavy atom. The molecular formula is C26H25BrN2O. The molecular weight excluding hydrogens is 436 g/mol. The Balaban J connectivity index is 1.59. The molecule has 1 atom stereocenters. The van der Waals surface area contributed by atoms with Crippen molar-refractivity contribution < 1.29 is 4.79 Å². The van der Waals surface area contributed by atoms with Crippen LogP contribution in [0.15, 0.2) is 89.4 Å². The van der Waals surface area contributed by atoms with Gasteiger partial charge in [-0.15, -0.1) is 0 Å². The summed E-state index contributed by atoms with van der Waals surface area (Å²) in [5.74, 6) is 0. The molecule has 1 aliphatic rings. The van der Waals surface area contributed by atoms with Crippen LogP contribution in [0.2, 0.25) is 0 Å². The maximum atomic E-state index is 13.3. The van der Waals surface area contributed by atoms with E-state index >= 15 is 0 Å². The predicted molar refractivity (Wildman–Crippen MR) is 127 cm³/mol. The summed E-state index contributed by atoms with van der Waals surface area (Å²) in [5.41, 5.74) is 4.53. The average Bonchev–Trinajstić information content (AvgIpc) is 2.77. The van der Waals surface area contributed by atoms with Gasteiger partial charge in [-0.05, 0) is 54.2 Å². The molecule has 4 rings (SSSR count). The largest absolute Gasteiger partial charge is 0.322 e. The van der Waals surface area contributed by atoms with E-state index in [2.05, 4.69) is 69.8 Å². The number of nitrogens with one attached hydrogen (secondary N) is 1. The van der Waals surface area contributed by atoms with Gasteiger partial charge in [0, 0.05) is 16.7 Å². The third-order valence-corrected chi connectivity index (χ3v) is 5.96. The normalized spacial score (nSPS) is 15.6. The Hall–Kier alpha value is -2.85. The first-order chi connectivity index (χ1) is 14.7. The molecule has 0 fully saturated rings. The summed E-state index contributed by atoms with van der Waals surface area (Å²) in [6.45, 7) is 0.549. The maximum absolute atomic E-state index is 13.3. The van der Waals surface area contributed by atoms with Crippen molar-refractivity contribution in [3.8, 4) is 0 Å². The van der Waals surface area contributed by atoms with Gasteiger partial charge < -0.3 is 10.2 Å². The van der Waals surface area contributed by atoms with Gasteiger partial charge in [-0.3, -0.25) is 0 Å². The van der Waals surface area contributed by atoms with E-state index in [1.807, 2.05) is 47.4 Å². The van der Waals surface area contributed by atoms with E-state index in [1.54, 1.807) is 0 Å². The van der Waals surface area contributed by atoms with Gasteiger partial charge in [-0.2, -0.15) is 0 Å². The molecule has 4 heteroatoms. The summed E-state index contributed by atoms with van der Waals surface area (Å²) in [5, 5.41) is 3.08. The van der Waals surface area contributed by atoms with Crippen LogP contribution in [0.1, 0.15) is 35.6 Å². The van der Waals surface area contributed by atoms with Gasteiger partial charge >= 0.3 is 6.03 Å². The van der Waals surface area contributed by atoms with Crippen molar-refractivity contribution in [2.24, 2.45) is 0 Å². The number of amides is 2. The minimum Gasteiger partial charge on any atom is -0.314 e. The number of urea groups is 1. The molecule has 1 aliphatic carbocycles. The van der Waals surface area contributed by atoms with Crippen LogP contribution in [0, 0.1) is 0 Å². The lowest BCUT2D eigenvalue weighted by atomic mass is 9.87. The molecule has 0 aliphatic heterocycles. The fraction of sp³-hybridized carbons (Fsp3) is 0.192. The van der Waals surface area contributed by atoms with Crippen LogP contribution in [0.3, 0.4) is 0 Å². The van der Waals surface area contributed by atoms with Crippen LogP contribution in [-0.2, 0) is 6.42 Å². The number of halogens is 1. The molecule has 1 N–H and O–H groups in total. The second kappa shape index (κ2) is 9.77. The summed E-state index contributed by atoms with van der Waals surface area (Å²) in [6.07, 6.45) is 7.29. The minimum atomic E-state index is -0.0764. The van der Waals surface area contributed by atoms with Crippen molar-refractivity contribution in [3.05, 3.63) is 106 Å². The standard InChI is InChI=1S/C26H25BrN2O/c27-22-14-7-15-23(19-22)28-26(30)29(18-8-11-20-9-2-1-3-10-20)25-17-6-13-21-12-4-5-16-24(21)25/h1-5,7-12,14-16,19,25H,6,13,17-18H2,(H,28,30)/b11-8+. The van der Waals surface area contributed by atoms with Gasteiger partial charge in [0.15, 0.2) is 0 Å². The first-order valence-electron chi connectivity index (χ1n) is 10.3. The fourth-order valence-corrected chi connectivity index (χ4v) is 4.43. The van der Waals surface area contributed by atoms with Gasteiger partial charge in [-0.25, -0.2) is 4.79 Å². The Labute approximate surface area is 186 Å². The van der Waals surface area contributed by atoms with Crippen LogP contribution in [-0.4, -0.2) is 17.5 Å². The number of carbonyl (C=O) groups is 1. The molecule has 1 unspecified atom stereocenters. The summed E-state index contributed by atoms with van der Waals surface area (Å²) in [6, 6.07) is 26.4. The predicted octanol–water partition coefficient (Wildman–Crippen LogP) is 7.07. The fourth-order valence-electron chi connectivity index (χ4n) is 4.03. The van der Waals surface area contributed by atoms with Crippen LogP contribution in [0.5, 0.6) is 0 Å². The van der Waals surface area contributed by atoms with Gasteiger partial charge in [-0.1, -0.05) is 88.7 Å².